The van der Waals surface area contributed by atoms with Crippen LogP contribution < -0.4 is 5.90 Å². The molecule has 1 unspecified atom stereocenters. The third-order valence-corrected chi connectivity index (χ3v) is 2.23. The average molecular weight is 275 g/mol. The lowest BCUT2D eigenvalue weighted by molar-refractivity contribution is -0.164. The molecule has 0 saturated heterocycles. The standard InChI is InChI=1S/C12H21NO6/c1-12(2,3)18-11(17)8(7-10(16)19-13)5-4-6-9(14)15/h8H,4-7,13H2,1-3H3,(H,14,15). The van der Waals surface area contributed by atoms with E-state index >= 15 is 0 Å². The second-order valence-electron chi connectivity index (χ2n) is 5.21. The number of nitrogens with two attached hydrogens (primary N) is 1. The van der Waals surface area contributed by atoms with E-state index in [2.05, 4.69) is 4.84 Å². The van der Waals surface area contributed by atoms with Gasteiger partial charge in [-0.25, -0.2) is 0 Å². The topological polar surface area (TPSA) is 116 Å². The molecule has 19 heavy (non-hydrogen) atoms. The molecule has 0 radical (unpaired) electrons. The largest absolute Gasteiger partial charge is 0.481 e. The number of esters is 1. The molecule has 0 saturated carbocycles. The van der Waals surface area contributed by atoms with Crippen LogP contribution in [-0.2, 0) is 24.0 Å². The van der Waals surface area contributed by atoms with Gasteiger partial charge in [0.05, 0.1) is 12.3 Å². The Morgan fingerprint density at radius 2 is 1.84 bits per heavy atom. The third-order valence-electron chi connectivity index (χ3n) is 2.23. The highest BCUT2D eigenvalue weighted by molar-refractivity contribution is 5.80. The smallest absolute Gasteiger partial charge is 0.325 e. The Bertz CT molecular complexity index is 334. The molecule has 0 aliphatic carbocycles. The summed E-state index contributed by atoms with van der Waals surface area (Å²) in [4.78, 5) is 37.4. The third kappa shape index (κ3) is 9.01. The first kappa shape index (κ1) is 17.4. The second kappa shape index (κ2) is 7.73. The first-order valence-electron chi connectivity index (χ1n) is 6.00. The summed E-state index contributed by atoms with van der Waals surface area (Å²) in [6.07, 6.45) is 0.218. The fourth-order valence-electron chi connectivity index (χ4n) is 1.44. The fraction of sp³-hybridized carbons (Fsp3) is 0.750. The molecule has 0 heterocycles. The number of hydrogen-bond donors (Lipinski definition) is 2. The molecule has 7 nitrogen and oxygen atoms in total. The van der Waals surface area contributed by atoms with Crippen LogP contribution in [0.2, 0.25) is 0 Å². The number of carboxylic acids is 1. The second-order valence-corrected chi connectivity index (χ2v) is 5.21. The lowest BCUT2D eigenvalue weighted by Gasteiger charge is -2.23. The van der Waals surface area contributed by atoms with Gasteiger partial charge in [0.2, 0.25) is 0 Å². The maximum Gasteiger partial charge on any atom is 0.325 e. The number of rotatable bonds is 7. The quantitative estimate of drug-likeness (QED) is 0.526. The predicted molar refractivity (Wildman–Crippen MR) is 65.7 cm³/mol. The molecule has 0 amide bonds. The molecule has 0 aliphatic rings. The van der Waals surface area contributed by atoms with Gasteiger partial charge >= 0.3 is 17.9 Å². The highest BCUT2D eigenvalue weighted by Gasteiger charge is 2.27. The van der Waals surface area contributed by atoms with E-state index in [4.69, 9.17) is 15.7 Å². The van der Waals surface area contributed by atoms with Crippen molar-refractivity contribution < 1.29 is 29.1 Å². The van der Waals surface area contributed by atoms with Crippen molar-refractivity contribution in [1.82, 2.24) is 0 Å². The predicted octanol–water partition coefficient (Wildman–Crippen LogP) is 1.01. The Morgan fingerprint density at radius 3 is 2.26 bits per heavy atom. The number of carbonyl (C=O) groups is 3. The van der Waals surface area contributed by atoms with Crippen molar-refractivity contribution >= 4 is 17.9 Å². The van der Waals surface area contributed by atoms with E-state index in [-0.39, 0.29) is 25.7 Å². The molecular formula is C12H21NO6. The number of ether oxygens (including phenoxy) is 1. The van der Waals surface area contributed by atoms with E-state index in [1.165, 1.54) is 0 Å². The lowest BCUT2D eigenvalue weighted by Crippen LogP contribution is -2.30. The van der Waals surface area contributed by atoms with Gasteiger partial charge < -0.3 is 14.7 Å². The number of carboxylic acid groups (broad SMARTS) is 1. The van der Waals surface area contributed by atoms with E-state index in [1.807, 2.05) is 0 Å². The van der Waals surface area contributed by atoms with Crippen molar-refractivity contribution in [3.05, 3.63) is 0 Å². The van der Waals surface area contributed by atoms with Crippen LogP contribution in [-0.4, -0.2) is 28.6 Å². The van der Waals surface area contributed by atoms with E-state index in [1.54, 1.807) is 20.8 Å². The number of carbonyl (C=O) groups excluding carboxylic acids is 2. The summed E-state index contributed by atoms with van der Waals surface area (Å²) in [6.45, 7) is 5.13. The number of aliphatic carboxylic acids is 1. The van der Waals surface area contributed by atoms with Crippen molar-refractivity contribution in [1.29, 1.82) is 0 Å². The van der Waals surface area contributed by atoms with Gasteiger partial charge in [0.15, 0.2) is 0 Å². The SMILES string of the molecule is CC(C)(C)OC(=O)C(CCCC(=O)O)CC(=O)ON. The van der Waals surface area contributed by atoms with Crippen molar-refractivity contribution in [2.45, 2.75) is 52.1 Å². The van der Waals surface area contributed by atoms with E-state index < -0.39 is 29.4 Å². The van der Waals surface area contributed by atoms with E-state index in [0.29, 0.717) is 0 Å². The van der Waals surface area contributed by atoms with Crippen LogP contribution in [0.1, 0.15) is 46.5 Å². The first-order chi connectivity index (χ1) is 8.65. The molecule has 110 valence electrons. The van der Waals surface area contributed by atoms with E-state index in [9.17, 15) is 14.4 Å². The first-order valence-corrected chi connectivity index (χ1v) is 6.00. The van der Waals surface area contributed by atoms with Crippen molar-refractivity contribution in [2.75, 3.05) is 0 Å². The van der Waals surface area contributed by atoms with Gasteiger partial charge in [0.1, 0.15) is 5.60 Å². The Morgan fingerprint density at radius 1 is 1.26 bits per heavy atom. The normalized spacial score (nSPS) is 12.6. The minimum absolute atomic E-state index is 0.0724. The summed E-state index contributed by atoms with van der Waals surface area (Å²) in [5.41, 5.74) is -0.672. The molecule has 0 aliphatic heterocycles. The summed E-state index contributed by atoms with van der Waals surface area (Å²) >= 11 is 0. The molecular weight excluding hydrogens is 254 g/mol. The monoisotopic (exact) mass is 275 g/mol. The van der Waals surface area contributed by atoms with Gasteiger partial charge in [-0.1, -0.05) is 0 Å². The highest BCUT2D eigenvalue weighted by atomic mass is 16.7. The molecule has 0 rings (SSSR count). The van der Waals surface area contributed by atoms with Crippen LogP contribution in [0.5, 0.6) is 0 Å². The van der Waals surface area contributed by atoms with Crippen molar-refractivity contribution in [3.8, 4) is 0 Å². The fourth-order valence-corrected chi connectivity index (χ4v) is 1.44. The van der Waals surface area contributed by atoms with Gasteiger partial charge in [-0.3, -0.25) is 14.4 Å². The van der Waals surface area contributed by atoms with Crippen LogP contribution in [0.15, 0.2) is 0 Å². The molecule has 0 bridgehead atoms. The van der Waals surface area contributed by atoms with Crippen molar-refractivity contribution in [3.63, 3.8) is 0 Å². The van der Waals surface area contributed by atoms with Crippen LogP contribution in [0, 0.1) is 5.92 Å². The van der Waals surface area contributed by atoms with Gasteiger partial charge in [-0.05, 0) is 33.6 Å². The van der Waals surface area contributed by atoms with Crippen LogP contribution in [0.4, 0.5) is 0 Å². The summed E-state index contributed by atoms with van der Waals surface area (Å²) in [5, 5.41) is 8.55. The molecule has 0 fully saturated rings. The Hall–Kier alpha value is -1.63. The van der Waals surface area contributed by atoms with Gasteiger partial charge in [0.25, 0.3) is 0 Å². The maximum absolute atomic E-state index is 11.9. The minimum atomic E-state index is -0.954. The Labute approximate surface area is 112 Å². The molecule has 0 aromatic carbocycles. The van der Waals surface area contributed by atoms with Crippen LogP contribution in [0.3, 0.4) is 0 Å². The molecule has 0 aromatic rings. The molecule has 3 N–H and O–H groups in total. The summed E-state index contributed by atoms with van der Waals surface area (Å²) in [7, 11) is 0. The number of hydrogen-bond acceptors (Lipinski definition) is 6. The van der Waals surface area contributed by atoms with Gasteiger partial charge in [-0.2, -0.15) is 5.90 Å². The zero-order valence-corrected chi connectivity index (χ0v) is 11.5. The Kier molecular flexibility index (Phi) is 7.06. The van der Waals surface area contributed by atoms with Crippen LogP contribution in [0.25, 0.3) is 0 Å². The molecule has 7 heteroatoms. The zero-order chi connectivity index (χ0) is 15.1. The molecule has 0 aromatic heterocycles. The van der Waals surface area contributed by atoms with Gasteiger partial charge in [-0.15, -0.1) is 0 Å². The van der Waals surface area contributed by atoms with Crippen LogP contribution >= 0.6 is 0 Å². The highest BCUT2D eigenvalue weighted by Crippen LogP contribution is 2.19. The molecule has 1 atom stereocenters. The maximum atomic E-state index is 11.9. The van der Waals surface area contributed by atoms with Crippen molar-refractivity contribution in [2.24, 2.45) is 11.8 Å². The lowest BCUT2D eigenvalue weighted by atomic mass is 9.98. The summed E-state index contributed by atoms with van der Waals surface area (Å²) in [5.74, 6) is 1.75. The molecule has 0 spiro atoms. The van der Waals surface area contributed by atoms with E-state index in [0.717, 1.165) is 0 Å². The minimum Gasteiger partial charge on any atom is -0.481 e. The van der Waals surface area contributed by atoms with Gasteiger partial charge in [0, 0.05) is 6.42 Å². The zero-order valence-electron chi connectivity index (χ0n) is 11.5. The summed E-state index contributed by atoms with van der Waals surface area (Å²) < 4.78 is 5.17. The Balaban J connectivity index is 4.52. The summed E-state index contributed by atoms with van der Waals surface area (Å²) in [6, 6.07) is 0. The average Bonchev–Trinajstić information content (AvgIpc) is 2.24.